The largest absolute Gasteiger partial charge is 0.465 e. The second kappa shape index (κ2) is 8.53. The van der Waals surface area contributed by atoms with E-state index < -0.39 is 21.7 Å². The van der Waals surface area contributed by atoms with Crippen LogP contribution in [0.4, 0.5) is 0 Å². The Morgan fingerprint density at radius 2 is 1.87 bits per heavy atom. The number of hydrogen-bond donors (Lipinski definition) is 0. The van der Waals surface area contributed by atoms with E-state index in [2.05, 4.69) is 4.99 Å². The number of thiazole rings is 1. The molecule has 1 heterocycles. The lowest BCUT2D eigenvalue weighted by Gasteiger charge is -2.07. The molecule has 3 aromatic rings. The van der Waals surface area contributed by atoms with Gasteiger partial charge in [-0.25, -0.2) is 8.42 Å². The molecule has 1 aromatic heterocycles. The third kappa shape index (κ3) is 4.52. The maximum Gasteiger partial charge on any atom is 0.326 e. The Morgan fingerprint density at radius 1 is 1.17 bits per heavy atom. The van der Waals surface area contributed by atoms with Gasteiger partial charge in [-0.2, -0.15) is 4.99 Å². The van der Waals surface area contributed by atoms with E-state index in [0.29, 0.717) is 4.80 Å². The minimum Gasteiger partial charge on any atom is -0.465 e. The summed E-state index contributed by atoms with van der Waals surface area (Å²) in [6.07, 6.45) is 1.05. The van der Waals surface area contributed by atoms with Crippen molar-refractivity contribution in [3.63, 3.8) is 0 Å². The molecule has 0 radical (unpaired) electrons. The van der Waals surface area contributed by atoms with Gasteiger partial charge in [0.05, 0.1) is 27.3 Å². The van der Waals surface area contributed by atoms with Gasteiger partial charge in [0.1, 0.15) is 6.54 Å². The smallest absolute Gasteiger partial charge is 0.326 e. The van der Waals surface area contributed by atoms with Gasteiger partial charge in [-0.3, -0.25) is 9.59 Å². The molecule has 0 spiro atoms. The average molecular weight is 447 g/mol. The van der Waals surface area contributed by atoms with Gasteiger partial charge < -0.3 is 9.30 Å². The van der Waals surface area contributed by atoms with Crippen LogP contribution >= 0.6 is 11.3 Å². The third-order valence-corrected chi connectivity index (χ3v) is 6.81. The second-order valence-electron chi connectivity index (χ2n) is 6.89. The predicted molar refractivity (Wildman–Crippen MR) is 115 cm³/mol. The van der Waals surface area contributed by atoms with Crippen LogP contribution in [0.25, 0.3) is 10.2 Å². The van der Waals surface area contributed by atoms with E-state index in [1.54, 1.807) is 23.6 Å². The van der Waals surface area contributed by atoms with Crippen molar-refractivity contribution in [1.29, 1.82) is 0 Å². The van der Waals surface area contributed by atoms with Crippen LogP contribution in [-0.4, -0.2) is 37.7 Å². The number of carbonyl (C=O) groups excluding carboxylic acids is 2. The molecule has 0 aliphatic heterocycles. The number of ether oxygens (including phenoxy) is 1. The lowest BCUT2D eigenvalue weighted by atomic mass is 10.1. The number of carbonyl (C=O) groups is 2. The van der Waals surface area contributed by atoms with E-state index >= 15 is 0 Å². The fraction of sp³-hybridized carbons (Fsp3) is 0.286. The van der Waals surface area contributed by atoms with Crippen LogP contribution in [0.1, 0.15) is 28.4 Å². The summed E-state index contributed by atoms with van der Waals surface area (Å²) in [6.45, 7) is 5.76. The molecule has 7 nitrogen and oxygen atoms in total. The molecule has 0 saturated carbocycles. The molecule has 3 rings (SSSR count). The first-order chi connectivity index (χ1) is 14.1. The highest BCUT2D eigenvalue weighted by Crippen LogP contribution is 2.24. The molecule has 0 fully saturated rings. The molecule has 158 valence electrons. The Labute approximate surface area is 178 Å². The van der Waals surface area contributed by atoms with E-state index in [1.165, 1.54) is 23.5 Å². The molecule has 0 unspecified atom stereocenters. The first-order valence-electron chi connectivity index (χ1n) is 9.26. The Kier molecular flexibility index (Phi) is 6.23. The number of sulfone groups is 1. The number of esters is 1. The molecule has 9 heteroatoms. The average Bonchev–Trinajstić information content (AvgIpc) is 2.99. The number of fused-ring (bicyclic) bond motifs is 1. The van der Waals surface area contributed by atoms with E-state index in [-0.39, 0.29) is 23.6 Å². The minimum absolute atomic E-state index is 0.00644. The van der Waals surface area contributed by atoms with E-state index in [4.69, 9.17) is 4.74 Å². The summed E-state index contributed by atoms with van der Waals surface area (Å²) in [5.41, 5.74) is 2.77. The van der Waals surface area contributed by atoms with Gasteiger partial charge in [-0.1, -0.05) is 29.5 Å². The Bertz CT molecular complexity index is 1320. The topological polar surface area (TPSA) is 94.8 Å². The van der Waals surface area contributed by atoms with Gasteiger partial charge in [0.2, 0.25) is 0 Å². The van der Waals surface area contributed by atoms with E-state index in [1.807, 2.05) is 26.0 Å². The summed E-state index contributed by atoms with van der Waals surface area (Å²) in [4.78, 5) is 29.5. The van der Waals surface area contributed by atoms with Crippen LogP contribution in [-0.2, 0) is 25.9 Å². The number of nitrogens with zero attached hydrogens (tertiary/aromatic N) is 2. The summed E-state index contributed by atoms with van der Waals surface area (Å²) >= 11 is 1.27. The number of aromatic nitrogens is 1. The van der Waals surface area contributed by atoms with Crippen molar-refractivity contribution in [3.8, 4) is 0 Å². The fourth-order valence-electron chi connectivity index (χ4n) is 3.20. The van der Waals surface area contributed by atoms with Crippen LogP contribution in [0.3, 0.4) is 0 Å². The van der Waals surface area contributed by atoms with Gasteiger partial charge in [0.25, 0.3) is 5.91 Å². The summed E-state index contributed by atoms with van der Waals surface area (Å²) in [5.74, 6) is -1.13. The first kappa shape index (κ1) is 21.9. The van der Waals surface area contributed by atoms with Crippen molar-refractivity contribution in [1.82, 2.24) is 4.57 Å². The Hall–Kier alpha value is -2.78. The van der Waals surface area contributed by atoms with Gasteiger partial charge in [0.15, 0.2) is 14.6 Å². The third-order valence-electron chi connectivity index (χ3n) is 4.42. The van der Waals surface area contributed by atoms with Gasteiger partial charge in [-0.15, -0.1) is 0 Å². The summed E-state index contributed by atoms with van der Waals surface area (Å²) in [6, 6.07) is 9.89. The number of rotatable bonds is 5. The van der Waals surface area contributed by atoms with Crippen molar-refractivity contribution in [3.05, 3.63) is 57.9 Å². The van der Waals surface area contributed by atoms with Crippen molar-refractivity contribution >= 4 is 43.3 Å². The molecule has 0 atom stereocenters. The number of aryl methyl sites for hydroxylation is 2. The maximum atomic E-state index is 12.9. The van der Waals surface area contributed by atoms with Crippen LogP contribution in [0.15, 0.2) is 46.3 Å². The van der Waals surface area contributed by atoms with Gasteiger partial charge in [0, 0.05) is 6.26 Å². The lowest BCUT2D eigenvalue weighted by Crippen LogP contribution is -2.23. The zero-order chi connectivity index (χ0) is 22.1. The van der Waals surface area contributed by atoms with Gasteiger partial charge in [-0.05, 0) is 50.1 Å². The predicted octanol–water partition coefficient (Wildman–Crippen LogP) is 3.03. The monoisotopic (exact) mass is 446 g/mol. The highest BCUT2D eigenvalue weighted by Gasteiger charge is 2.19. The molecule has 0 saturated heterocycles. The van der Waals surface area contributed by atoms with Crippen LogP contribution < -0.4 is 4.80 Å². The molecular weight excluding hydrogens is 424 g/mol. The molecule has 0 aliphatic rings. The standard InChI is InChI=1S/C21H22N2O5S2/c1-5-28-18(24)12-23-16-11-13(2)10-14(3)19(16)29-21(23)22-20(25)15-8-6-7-9-17(15)30(4,26)27/h6-11H,5,12H2,1-4H3. The SMILES string of the molecule is CCOC(=O)Cn1c(=NC(=O)c2ccccc2S(C)(=O)=O)sc2c(C)cc(C)cc21. The molecule has 0 bridgehead atoms. The van der Waals surface area contributed by atoms with Crippen molar-refractivity contribution in [2.75, 3.05) is 12.9 Å². The Morgan fingerprint density at radius 3 is 2.53 bits per heavy atom. The highest BCUT2D eigenvalue weighted by atomic mass is 32.2. The second-order valence-corrected chi connectivity index (χ2v) is 9.85. The lowest BCUT2D eigenvalue weighted by molar-refractivity contribution is -0.143. The summed E-state index contributed by atoms with van der Waals surface area (Å²) in [7, 11) is -3.60. The van der Waals surface area contributed by atoms with Crippen LogP contribution in [0.5, 0.6) is 0 Å². The molecule has 2 aromatic carbocycles. The molecule has 0 aliphatic carbocycles. The van der Waals surface area contributed by atoms with Crippen LogP contribution in [0, 0.1) is 13.8 Å². The number of amides is 1. The van der Waals surface area contributed by atoms with E-state index in [0.717, 1.165) is 27.6 Å². The zero-order valence-corrected chi connectivity index (χ0v) is 18.8. The normalized spacial score (nSPS) is 12.3. The van der Waals surface area contributed by atoms with Crippen molar-refractivity contribution < 1.29 is 22.7 Å². The summed E-state index contributed by atoms with van der Waals surface area (Å²) in [5, 5.41) is 0. The van der Waals surface area contributed by atoms with Crippen molar-refractivity contribution in [2.45, 2.75) is 32.2 Å². The minimum atomic E-state index is -3.60. The fourth-order valence-corrected chi connectivity index (χ4v) is 5.16. The van der Waals surface area contributed by atoms with Gasteiger partial charge >= 0.3 is 5.97 Å². The molecule has 1 amide bonds. The highest BCUT2D eigenvalue weighted by molar-refractivity contribution is 7.90. The number of benzene rings is 2. The maximum absolute atomic E-state index is 12.9. The first-order valence-corrected chi connectivity index (χ1v) is 12.0. The quantitative estimate of drug-likeness (QED) is 0.562. The number of hydrogen-bond acceptors (Lipinski definition) is 6. The molecule has 0 N–H and O–H groups in total. The molecule has 30 heavy (non-hydrogen) atoms. The van der Waals surface area contributed by atoms with Crippen LogP contribution in [0.2, 0.25) is 0 Å². The summed E-state index contributed by atoms with van der Waals surface area (Å²) < 4.78 is 31.7. The van der Waals surface area contributed by atoms with Crippen molar-refractivity contribution in [2.24, 2.45) is 4.99 Å². The Balaban J connectivity index is 2.23. The zero-order valence-electron chi connectivity index (χ0n) is 17.1. The molecular formula is C21H22N2O5S2. The van der Waals surface area contributed by atoms with E-state index in [9.17, 15) is 18.0 Å².